The third kappa shape index (κ3) is 8.71. The van der Waals surface area contributed by atoms with Crippen LogP contribution in [0.15, 0.2) is 64.5 Å². The van der Waals surface area contributed by atoms with Gasteiger partial charge in [0, 0.05) is 46.9 Å². The molecule has 0 bridgehead atoms. The lowest BCUT2D eigenvalue weighted by Gasteiger charge is -2.35. The van der Waals surface area contributed by atoms with Crippen LogP contribution in [0.2, 0.25) is 0 Å². The van der Waals surface area contributed by atoms with Crippen molar-refractivity contribution in [2.75, 3.05) is 32.0 Å². The number of carbonyl (C=O) groups is 1. The summed E-state index contributed by atoms with van der Waals surface area (Å²) in [4.78, 5) is 33.7. The van der Waals surface area contributed by atoms with Crippen molar-refractivity contribution in [3.63, 3.8) is 0 Å². The number of esters is 1. The van der Waals surface area contributed by atoms with Gasteiger partial charge in [0.05, 0.1) is 27.1 Å². The third-order valence-electron chi connectivity index (χ3n) is 11.5. The molecule has 1 fully saturated rings. The van der Waals surface area contributed by atoms with Gasteiger partial charge in [-0.25, -0.2) is 10.3 Å². The fraction of sp³-hybridized carbons (Fsp3) is 0.442. The number of rotatable bonds is 16. The van der Waals surface area contributed by atoms with E-state index in [0.717, 1.165) is 85.5 Å². The second kappa shape index (κ2) is 17.6. The van der Waals surface area contributed by atoms with Crippen LogP contribution in [0.5, 0.6) is 5.75 Å². The van der Waals surface area contributed by atoms with Crippen LogP contribution in [0.3, 0.4) is 0 Å². The molecule has 0 spiro atoms. The molecule has 302 valence electrons. The number of aromatic nitrogens is 1. The molecule has 3 aromatic heterocycles. The summed E-state index contributed by atoms with van der Waals surface area (Å²) in [6, 6.07) is 16.0. The van der Waals surface area contributed by atoms with E-state index in [2.05, 4.69) is 32.7 Å². The number of pyridine rings is 1. The topological polar surface area (TPSA) is 183 Å². The molecular weight excluding hydrogens is 761 g/mol. The Kier molecular flexibility index (Phi) is 12.6. The minimum Gasteiger partial charge on any atom is -0.506 e. The van der Waals surface area contributed by atoms with E-state index in [9.17, 15) is 24.9 Å². The number of phenolic OH excluding ortho intramolecular Hbond substituents is 1. The maximum atomic E-state index is 13.6. The minimum atomic E-state index is -1.80. The average molecular weight is 813 g/mol. The standard InChI is InChI=1S/C43H52N6O6S2/c1-25-8-17-37(56-25)43(54,38-18-9-26(2)57-38)42(53)55-29-12-10-28(11-13-29)49(3)21-5-20-46-40-32-7-4-6-30(32)27(22-34(40)48-44)23-45-24-36(51)31-14-16-35(50)41-33(31)15-19-39(52)47-41/h8-9,14-19,22,28-29,36,44-46,50-51,54H,4-7,10-13,20-21,23-24H2,1-3H3,(H,47,52)/t28-,29-,36-/m0/s1. The number of aromatic hydroxyl groups is 1. The van der Waals surface area contributed by atoms with Crippen LogP contribution in [0.1, 0.15) is 86.4 Å². The number of benzene rings is 2. The molecule has 12 nitrogen and oxygen atoms in total. The fourth-order valence-corrected chi connectivity index (χ4v) is 10.4. The Morgan fingerprint density at radius 2 is 1.74 bits per heavy atom. The Labute approximate surface area is 340 Å². The van der Waals surface area contributed by atoms with Gasteiger partial charge in [-0.2, -0.15) is 5.11 Å². The highest BCUT2D eigenvalue weighted by Crippen LogP contribution is 2.41. The first-order valence-electron chi connectivity index (χ1n) is 19.8. The van der Waals surface area contributed by atoms with Gasteiger partial charge < -0.3 is 40.6 Å². The van der Waals surface area contributed by atoms with Crippen LogP contribution < -0.4 is 16.2 Å². The van der Waals surface area contributed by atoms with Gasteiger partial charge >= 0.3 is 5.97 Å². The van der Waals surface area contributed by atoms with E-state index in [1.165, 1.54) is 45.9 Å². The zero-order valence-corrected chi connectivity index (χ0v) is 34.3. The van der Waals surface area contributed by atoms with Gasteiger partial charge in [-0.15, -0.1) is 22.7 Å². The van der Waals surface area contributed by atoms with E-state index < -0.39 is 17.7 Å². The van der Waals surface area contributed by atoms with Gasteiger partial charge in [0.25, 0.3) is 0 Å². The molecule has 7 rings (SSSR count). The SMILES string of the molecule is Cc1ccc(C(O)(C(=O)O[C@H]2CC[C@H](N(C)CCCNc3c(N=N)cc(CNC[C@H](O)c4ccc(O)c5[nH]c(=O)ccc45)c4c3CCC4)CC2)c2ccc(C)s2)s1. The second-order valence-electron chi connectivity index (χ2n) is 15.4. The molecule has 2 aromatic carbocycles. The number of aliphatic hydroxyl groups is 2. The van der Waals surface area contributed by atoms with Gasteiger partial charge in [-0.3, -0.25) is 4.79 Å². The van der Waals surface area contributed by atoms with Crippen molar-refractivity contribution in [3.8, 4) is 5.75 Å². The van der Waals surface area contributed by atoms with E-state index in [-0.39, 0.29) is 24.0 Å². The Balaban J connectivity index is 0.895. The summed E-state index contributed by atoms with van der Waals surface area (Å²) in [7, 11) is 2.15. The zero-order chi connectivity index (χ0) is 40.3. The number of carbonyl (C=O) groups excluding carboxylic acids is 1. The predicted octanol–water partition coefficient (Wildman–Crippen LogP) is 7.47. The van der Waals surface area contributed by atoms with Gasteiger partial charge in [0.15, 0.2) is 0 Å². The summed E-state index contributed by atoms with van der Waals surface area (Å²) in [6.07, 6.45) is 6.01. The molecule has 0 unspecified atom stereocenters. The summed E-state index contributed by atoms with van der Waals surface area (Å²) in [5, 5.41) is 44.6. The normalized spacial score (nSPS) is 17.5. The molecule has 14 heteroatoms. The molecule has 1 atom stereocenters. The average Bonchev–Trinajstić information content (AvgIpc) is 3.99. The number of H-pyrrole nitrogens is 1. The molecule has 5 aromatic rings. The lowest BCUT2D eigenvalue weighted by molar-refractivity contribution is -0.169. The highest BCUT2D eigenvalue weighted by Gasteiger charge is 2.45. The van der Waals surface area contributed by atoms with Crippen LogP contribution in [0, 0.1) is 19.4 Å². The van der Waals surface area contributed by atoms with Crippen molar-refractivity contribution in [2.24, 2.45) is 5.11 Å². The lowest BCUT2D eigenvalue weighted by Crippen LogP contribution is -2.42. The second-order valence-corrected chi connectivity index (χ2v) is 18.0. The number of fused-ring (bicyclic) bond motifs is 2. The minimum absolute atomic E-state index is 0.0464. The number of ether oxygens (including phenoxy) is 1. The van der Waals surface area contributed by atoms with E-state index in [1.807, 2.05) is 44.2 Å². The summed E-state index contributed by atoms with van der Waals surface area (Å²) in [5.74, 6) is -0.642. The predicted molar refractivity (Wildman–Crippen MR) is 225 cm³/mol. The van der Waals surface area contributed by atoms with Gasteiger partial charge in [0.1, 0.15) is 17.5 Å². The van der Waals surface area contributed by atoms with Crippen molar-refractivity contribution in [2.45, 2.75) is 95.6 Å². The van der Waals surface area contributed by atoms with E-state index in [1.54, 1.807) is 12.1 Å². The smallest absolute Gasteiger partial charge is 0.349 e. The number of aryl methyl sites for hydroxylation is 2. The Morgan fingerprint density at radius 3 is 2.40 bits per heavy atom. The summed E-state index contributed by atoms with van der Waals surface area (Å²) in [5.41, 5.74) is 11.9. The lowest BCUT2D eigenvalue weighted by atomic mass is 9.91. The third-order valence-corrected chi connectivity index (χ3v) is 13.8. The Morgan fingerprint density at radius 1 is 1.04 bits per heavy atom. The molecule has 0 amide bonds. The van der Waals surface area contributed by atoms with Crippen LogP contribution in [-0.4, -0.2) is 70.0 Å². The van der Waals surface area contributed by atoms with Crippen LogP contribution in [-0.2, 0) is 34.5 Å². The zero-order valence-electron chi connectivity index (χ0n) is 32.7. The number of aromatic amines is 1. The number of hydrogen-bond donors (Lipinski definition) is 7. The van der Waals surface area contributed by atoms with Crippen molar-refractivity contribution in [1.82, 2.24) is 15.2 Å². The molecule has 2 aliphatic carbocycles. The first kappa shape index (κ1) is 40.7. The molecule has 57 heavy (non-hydrogen) atoms. The summed E-state index contributed by atoms with van der Waals surface area (Å²) >= 11 is 2.84. The highest BCUT2D eigenvalue weighted by atomic mass is 32.1. The number of aliphatic hydroxyl groups excluding tert-OH is 1. The number of nitrogens with zero attached hydrogens (tertiary/aromatic N) is 2. The first-order valence-corrected chi connectivity index (χ1v) is 21.4. The van der Waals surface area contributed by atoms with E-state index in [4.69, 9.17) is 10.3 Å². The largest absolute Gasteiger partial charge is 0.506 e. The molecule has 2 aliphatic rings. The maximum absolute atomic E-state index is 13.6. The van der Waals surface area contributed by atoms with Gasteiger partial charge in [-0.1, -0.05) is 6.07 Å². The van der Waals surface area contributed by atoms with Crippen molar-refractivity contribution in [1.29, 1.82) is 5.53 Å². The quantitative estimate of drug-likeness (QED) is 0.0302. The number of thiophene rings is 2. The molecule has 0 saturated heterocycles. The fourth-order valence-electron chi connectivity index (χ4n) is 8.44. The maximum Gasteiger partial charge on any atom is 0.349 e. The van der Waals surface area contributed by atoms with Gasteiger partial charge in [-0.05, 0) is 144 Å². The number of phenols is 1. The van der Waals surface area contributed by atoms with E-state index >= 15 is 0 Å². The molecule has 7 N–H and O–H groups in total. The number of nitrogens with one attached hydrogen (secondary N) is 4. The van der Waals surface area contributed by atoms with Crippen LogP contribution in [0.25, 0.3) is 10.9 Å². The van der Waals surface area contributed by atoms with Crippen molar-refractivity contribution in [3.05, 3.63) is 107 Å². The van der Waals surface area contributed by atoms with Crippen LogP contribution in [0.4, 0.5) is 11.4 Å². The summed E-state index contributed by atoms with van der Waals surface area (Å²) in [6.45, 7) is 6.33. The molecule has 0 radical (unpaired) electrons. The molecule has 3 heterocycles. The highest BCUT2D eigenvalue weighted by molar-refractivity contribution is 7.14. The summed E-state index contributed by atoms with van der Waals surface area (Å²) < 4.78 is 6.04. The van der Waals surface area contributed by atoms with Crippen molar-refractivity contribution < 1.29 is 24.9 Å². The molecule has 0 aliphatic heterocycles. The van der Waals surface area contributed by atoms with Crippen LogP contribution >= 0.6 is 22.7 Å². The van der Waals surface area contributed by atoms with Crippen molar-refractivity contribution >= 4 is 50.9 Å². The number of anilines is 1. The molecular formula is C43H52N6O6S2. The Hall–Kier alpha value is -4.44. The first-order chi connectivity index (χ1) is 27.5. The number of hydrogen-bond acceptors (Lipinski definition) is 13. The Bertz CT molecular complexity index is 2250. The van der Waals surface area contributed by atoms with Gasteiger partial charge in [0.2, 0.25) is 11.2 Å². The van der Waals surface area contributed by atoms with E-state index in [0.29, 0.717) is 44.5 Å². The molecule has 1 saturated carbocycles. The monoisotopic (exact) mass is 812 g/mol.